The highest BCUT2D eigenvalue weighted by Crippen LogP contribution is 2.38. The van der Waals surface area contributed by atoms with E-state index in [1.807, 2.05) is 0 Å². The Labute approximate surface area is 155 Å². The molecule has 10 heteroatoms. The van der Waals surface area contributed by atoms with Gasteiger partial charge in [-0.1, -0.05) is 0 Å². The van der Waals surface area contributed by atoms with Crippen molar-refractivity contribution in [3.05, 3.63) is 51.4 Å². The predicted octanol–water partition coefficient (Wildman–Crippen LogP) is 3.61. The van der Waals surface area contributed by atoms with E-state index in [1.54, 1.807) is 5.38 Å². The van der Waals surface area contributed by atoms with Crippen LogP contribution in [0.1, 0.15) is 5.56 Å². The van der Waals surface area contributed by atoms with E-state index in [-0.39, 0.29) is 29.5 Å². The molecule has 1 aliphatic rings. The molecule has 0 spiro atoms. The van der Waals surface area contributed by atoms with Gasteiger partial charge in [0.15, 0.2) is 11.5 Å². The van der Waals surface area contributed by atoms with Gasteiger partial charge in [0.25, 0.3) is 5.69 Å². The number of aromatic hydroxyl groups is 2. The number of benzene rings is 2. The van der Waals surface area contributed by atoms with Crippen LogP contribution in [-0.2, 0) is 0 Å². The van der Waals surface area contributed by atoms with Gasteiger partial charge < -0.3 is 19.7 Å². The van der Waals surface area contributed by atoms with Gasteiger partial charge in [-0.2, -0.15) is 0 Å². The summed E-state index contributed by atoms with van der Waals surface area (Å²) in [4.78, 5) is 19.2. The first-order valence-electron chi connectivity index (χ1n) is 7.61. The van der Waals surface area contributed by atoms with E-state index >= 15 is 0 Å². The topological polar surface area (TPSA) is 127 Å². The van der Waals surface area contributed by atoms with Crippen LogP contribution in [0.2, 0.25) is 0 Å². The molecule has 136 valence electrons. The highest BCUT2D eigenvalue weighted by Gasteiger charge is 2.22. The van der Waals surface area contributed by atoms with E-state index in [0.29, 0.717) is 27.9 Å². The largest absolute Gasteiger partial charge is 0.508 e. The molecule has 1 aliphatic heterocycles. The van der Waals surface area contributed by atoms with Crippen LogP contribution in [0, 0.1) is 10.1 Å². The van der Waals surface area contributed by atoms with Crippen molar-refractivity contribution < 1.29 is 24.6 Å². The number of aromatic nitrogens is 1. The van der Waals surface area contributed by atoms with Gasteiger partial charge in [-0.25, -0.2) is 9.98 Å². The van der Waals surface area contributed by atoms with Gasteiger partial charge in [0.2, 0.25) is 11.9 Å². The van der Waals surface area contributed by atoms with Crippen LogP contribution >= 0.6 is 11.3 Å². The molecule has 0 amide bonds. The lowest BCUT2D eigenvalue weighted by Crippen LogP contribution is -1.94. The quantitative estimate of drug-likeness (QED) is 0.399. The number of nitrogens with zero attached hydrogens (tertiary/aromatic N) is 3. The van der Waals surface area contributed by atoms with Crippen molar-refractivity contribution in [1.29, 1.82) is 0 Å². The van der Waals surface area contributed by atoms with Crippen LogP contribution in [0.3, 0.4) is 0 Å². The van der Waals surface area contributed by atoms with E-state index in [9.17, 15) is 20.3 Å². The number of aliphatic imine (C=N–C) groups is 1. The number of phenols is 2. The summed E-state index contributed by atoms with van der Waals surface area (Å²) in [6.07, 6.45) is 1.33. The maximum absolute atomic E-state index is 11.3. The minimum absolute atomic E-state index is 0.0129. The summed E-state index contributed by atoms with van der Waals surface area (Å²) in [5, 5.41) is 32.6. The summed E-state index contributed by atoms with van der Waals surface area (Å²) < 4.78 is 10.4. The normalized spacial score (nSPS) is 12.6. The summed E-state index contributed by atoms with van der Waals surface area (Å²) in [7, 11) is 0. The van der Waals surface area contributed by atoms with Gasteiger partial charge in [-0.3, -0.25) is 10.1 Å². The van der Waals surface area contributed by atoms with Gasteiger partial charge in [0, 0.05) is 23.2 Å². The Morgan fingerprint density at radius 3 is 2.74 bits per heavy atom. The summed E-state index contributed by atoms with van der Waals surface area (Å²) >= 11 is 1.21. The van der Waals surface area contributed by atoms with E-state index in [1.165, 1.54) is 47.9 Å². The molecule has 0 saturated carbocycles. The lowest BCUT2D eigenvalue weighted by molar-refractivity contribution is -0.385. The second-order valence-corrected chi connectivity index (χ2v) is 6.33. The van der Waals surface area contributed by atoms with Crippen molar-refractivity contribution in [2.24, 2.45) is 4.99 Å². The fraction of sp³-hybridized carbons (Fsp3) is 0.0588. The predicted molar refractivity (Wildman–Crippen MR) is 97.4 cm³/mol. The Balaban J connectivity index is 1.64. The average molecular weight is 385 g/mol. The first-order valence-corrected chi connectivity index (χ1v) is 8.49. The molecule has 0 radical (unpaired) electrons. The molecule has 9 nitrogen and oxygen atoms in total. The molecule has 1 aromatic heterocycles. The molecule has 0 saturated heterocycles. The molecule has 3 aromatic rings. The van der Waals surface area contributed by atoms with Crippen molar-refractivity contribution in [1.82, 2.24) is 4.98 Å². The molecule has 0 aliphatic carbocycles. The number of thiazole rings is 1. The molecule has 0 fully saturated rings. The summed E-state index contributed by atoms with van der Waals surface area (Å²) in [5.41, 5.74) is 1.02. The zero-order valence-corrected chi connectivity index (χ0v) is 14.3. The molecule has 2 N–H and O–H groups in total. The van der Waals surface area contributed by atoms with Crippen LogP contribution < -0.4 is 9.47 Å². The summed E-state index contributed by atoms with van der Waals surface area (Å²) in [6.45, 7) is 0.0129. The molecule has 0 unspecified atom stereocenters. The van der Waals surface area contributed by atoms with Crippen LogP contribution in [0.25, 0.3) is 11.3 Å². The standard InChI is InChI=1S/C17H11N3O6S/c21-10-1-2-11(14(22)4-10)12-7-27-17(19-12)18-6-9-3-15-16(26-8-25-15)5-13(9)20(23)24/h1-7,21-22H,8H2. The number of hydrogen-bond acceptors (Lipinski definition) is 9. The molecule has 0 bridgehead atoms. The Kier molecular flexibility index (Phi) is 4.09. The number of nitro benzene ring substituents is 1. The van der Waals surface area contributed by atoms with Crippen molar-refractivity contribution in [3.8, 4) is 34.3 Å². The third kappa shape index (κ3) is 3.25. The number of rotatable bonds is 4. The van der Waals surface area contributed by atoms with Gasteiger partial charge in [-0.15, -0.1) is 11.3 Å². The van der Waals surface area contributed by atoms with Crippen molar-refractivity contribution in [2.75, 3.05) is 6.79 Å². The number of fused-ring (bicyclic) bond motifs is 1. The molecule has 27 heavy (non-hydrogen) atoms. The summed E-state index contributed by atoms with van der Waals surface area (Å²) in [5.74, 6) is 0.566. The van der Waals surface area contributed by atoms with Crippen LogP contribution in [0.4, 0.5) is 10.8 Å². The minimum Gasteiger partial charge on any atom is -0.508 e. The number of nitro groups is 1. The maximum Gasteiger partial charge on any atom is 0.282 e. The molecule has 2 aromatic carbocycles. The Bertz CT molecular complexity index is 1080. The smallest absolute Gasteiger partial charge is 0.282 e. The fourth-order valence-electron chi connectivity index (χ4n) is 2.52. The maximum atomic E-state index is 11.3. The first-order chi connectivity index (χ1) is 13.0. The monoisotopic (exact) mass is 385 g/mol. The molecule has 0 atom stereocenters. The van der Waals surface area contributed by atoms with Crippen LogP contribution in [0.5, 0.6) is 23.0 Å². The lowest BCUT2D eigenvalue weighted by Gasteiger charge is -2.01. The zero-order chi connectivity index (χ0) is 19.0. The molecular formula is C17H11N3O6S. The van der Waals surface area contributed by atoms with E-state index < -0.39 is 4.92 Å². The van der Waals surface area contributed by atoms with Gasteiger partial charge in [-0.05, 0) is 18.2 Å². The second kappa shape index (κ2) is 6.57. The Morgan fingerprint density at radius 1 is 1.22 bits per heavy atom. The third-order valence-electron chi connectivity index (χ3n) is 3.78. The highest BCUT2D eigenvalue weighted by atomic mass is 32.1. The van der Waals surface area contributed by atoms with E-state index in [4.69, 9.17) is 9.47 Å². The SMILES string of the molecule is O=[N+]([O-])c1cc2c(cc1C=Nc1nc(-c3ccc(O)cc3O)cs1)OCO2. The first kappa shape index (κ1) is 16.8. The van der Waals surface area contributed by atoms with E-state index in [0.717, 1.165) is 0 Å². The minimum atomic E-state index is -0.523. The number of phenolic OH excluding ortho intramolecular Hbond substituents is 2. The Morgan fingerprint density at radius 2 is 2.00 bits per heavy atom. The van der Waals surface area contributed by atoms with Crippen molar-refractivity contribution >= 4 is 28.4 Å². The second-order valence-electron chi connectivity index (χ2n) is 5.50. The van der Waals surface area contributed by atoms with Crippen LogP contribution in [0.15, 0.2) is 40.7 Å². The number of hydrogen-bond donors (Lipinski definition) is 2. The molecular weight excluding hydrogens is 374 g/mol. The summed E-state index contributed by atoms with van der Waals surface area (Å²) in [6, 6.07) is 6.98. The Hall–Kier alpha value is -3.66. The highest BCUT2D eigenvalue weighted by molar-refractivity contribution is 7.13. The average Bonchev–Trinajstić information content (AvgIpc) is 3.27. The van der Waals surface area contributed by atoms with E-state index in [2.05, 4.69) is 9.98 Å². The van der Waals surface area contributed by atoms with Crippen molar-refractivity contribution in [2.45, 2.75) is 0 Å². The molecule has 2 heterocycles. The molecule has 4 rings (SSSR count). The zero-order valence-electron chi connectivity index (χ0n) is 13.5. The van der Waals surface area contributed by atoms with Gasteiger partial charge >= 0.3 is 0 Å². The van der Waals surface area contributed by atoms with Gasteiger partial charge in [0.05, 0.1) is 22.2 Å². The third-order valence-corrected chi connectivity index (χ3v) is 4.53. The van der Waals surface area contributed by atoms with Gasteiger partial charge in [0.1, 0.15) is 11.5 Å². The van der Waals surface area contributed by atoms with Crippen molar-refractivity contribution in [3.63, 3.8) is 0 Å². The fourth-order valence-corrected chi connectivity index (χ4v) is 3.18. The lowest BCUT2D eigenvalue weighted by atomic mass is 10.1. The van der Waals surface area contributed by atoms with Crippen LogP contribution in [-0.4, -0.2) is 33.1 Å². The number of ether oxygens (including phenoxy) is 2.